The first kappa shape index (κ1) is 13.6. The van der Waals surface area contributed by atoms with Crippen molar-refractivity contribution >= 4 is 5.69 Å². The molecule has 0 spiro atoms. The van der Waals surface area contributed by atoms with Gasteiger partial charge in [0.2, 0.25) is 0 Å². The molecule has 2 aliphatic heterocycles. The van der Waals surface area contributed by atoms with Crippen molar-refractivity contribution in [3.8, 4) is 5.75 Å². The van der Waals surface area contributed by atoms with Gasteiger partial charge in [0, 0.05) is 38.0 Å². The summed E-state index contributed by atoms with van der Waals surface area (Å²) in [4.78, 5) is 6.66. The van der Waals surface area contributed by atoms with Gasteiger partial charge in [-0.3, -0.25) is 4.98 Å². The number of rotatable bonds is 3. The van der Waals surface area contributed by atoms with Crippen LogP contribution in [-0.4, -0.2) is 43.4 Å². The van der Waals surface area contributed by atoms with Gasteiger partial charge in [-0.25, -0.2) is 0 Å². The third-order valence-corrected chi connectivity index (χ3v) is 4.07. The molecule has 0 aromatic carbocycles. The lowest BCUT2D eigenvalue weighted by molar-refractivity contribution is 0.0254. The third kappa shape index (κ3) is 3.41. The fourth-order valence-electron chi connectivity index (χ4n) is 2.79. The van der Waals surface area contributed by atoms with Gasteiger partial charge in [0.15, 0.2) is 0 Å². The molecule has 110 valence electrons. The highest BCUT2D eigenvalue weighted by Gasteiger charge is 2.18. The minimum atomic E-state index is 0.260. The van der Waals surface area contributed by atoms with Crippen molar-refractivity contribution in [1.82, 2.24) is 4.98 Å². The quantitative estimate of drug-likeness (QED) is 0.908. The van der Waals surface area contributed by atoms with E-state index >= 15 is 0 Å². The normalized spacial score (nSPS) is 21.9. The van der Waals surface area contributed by atoms with Gasteiger partial charge in [0.05, 0.1) is 31.3 Å². The maximum absolute atomic E-state index is 6.01. The average molecular weight is 277 g/mol. The Hall–Kier alpha value is -1.33. The minimum Gasteiger partial charge on any atom is -0.489 e. The standard InChI is InChI=1S/C15H23N3O2/c16-12-1-5-18(6-2-12)13-9-15(11-17-10-13)20-14-3-7-19-8-4-14/h9-12,14H,1-8,16H2. The highest BCUT2D eigenvalue weighted by molar-refractivity contribution is 5.48. The summed E-state index contributed by atoms with van der Waals surface area (Å²) in [6.45, 7) is 3.59. The van der Waals surface area contributed by atoms with Crippen LogP contribution in [0, 0.1) is 0 Å². The van der Waals surface area contributed by atoms with Gasteiger partial charge in [0.1, 0.15) is 11.9 Å². The fraction of sp³-hybridized carbons (Fsp3) is 0.667. The van der Waals surface area contributed by atoms with E-state index in [-0.39, 0.29) is 6.10 Å². The molecule has 2 N–H and O–H groups in total. The zero-order valence-electron chi connectivity index (χ0n) is 11.8. The summed E-state index contributed by atoms with van der Waals surface area (Å²) in [5.74, 6) is 0.865. The molecule has 1 aromatic heterocycles. The Labute approximate surface area is 120 Å². The van der Waals surface area contributed by atoms with Gasteiger partial charge >= 0.3 is 0 Å². The van der Waals surface area contributed by atoms with Gasteiger partial charge in [-0.1, -0.05) is 0 Å². The van der Waals surface area contributed by atoms with Gasteiger partial charge in [-0.15, -0.1) is 0 Å². The molecule has 0 aliphatic carbocycles. The summed E-state index contributed by atoms with van der Waals surface area (Å²) in [6.07, 6.45) is 7.99. The van der Waals surface area contributed by atoms with Gasteiger partial charge in [0.25, 0.3) is 0 Å². The molecule has 5 nitrogen and oxygen atoms in total. The molecule has 2 aliphatic rings. The predicted octanol–water partition coefficient (Wildman–Crippen LogP) is 1.57. The summed E-state index contributed by atoms with van der Waals surface area (Å²) in [6, 6.07) is 2.44. The molecule has 0 radical (unpaired) electrons. The van der Waals surface area contributed by atoms with Crippen LogP contribution in [0.3, 0.4) is 0 Å². The number of pyridine rings is 1. The number of piperidine rings is 1. The van der Waals surface area contributed by atoms with E-state index in [0.29, 0.717) is 6.04 Å². The number of aromatic nitrogens is 1. The minimum absolute atomic E-state index is 0.260. The zero-order valence-corrected chi connectivity index (χ0v) is 11.8. The Balaban J connectivity index is 1.63. The Bertz CT molecular complexity index is 427. The molecular weight excluding hydrogens is 254 g/mol. The number of hydrogen-bond acceptors (Lipinski definition) is 5. The molecule has 1 aromatic rings. The van der Waals surface area contributed by atoms with Crippen LogP contribution in [0.5, 0.6) is 5.75 Å². The molecule has 3 rings (SSSR count). The second-order valence-corrected chi connectivity index (χ2v) is 5.63. The molecule has 0 atom stereocenters. The van der Waals surface area contributed by atoms with Crippen LogP contribution in [0.2, 0.25) is 0 Å². The molecular formula is C15H23N3O2. The highest BCUT2D eigenvalue weighted by Crippen LogP contribution is 2.24. The van der Waals surface area contributed by atoms with E-state index in [1.54, 1.807) is 6.20 Å². The molecule has 3 heterocycles. The van der Waals surface area contributed by atoms with Gasteiger partial charge in [-0.05, 0) is 12.8 Å². The summed E-state index contributed by atoms with van der Waals surface area (Å²) >= 11 is 0. The molecule has 2 saturated heterocycles. The predicted molar refractivity (Wildman–Crippen MR) is 78.1 cm³/mol. The van der Waals surface area contributed by atoms with Crippen LogP contribution >= 0.6 is 0 Å². The summed E-state index contributed by atoms with van der Waals surface area (Å²) in [5, 5.41) is 0. The zero-order chi connectivity index (χ0) is 13.8. The van der Waals surface area contributed by atoms with E-state index in [4.69, 9.17) is 15.2 Å². The lowest BCUT2D eigenvalue weighted by atomic mass is 10.1. The van der Waals surface area contributed by atoms with Crippen LogP contribution in [0.15, 0.2) is 18.5 Å². The van der Waals surface area contributed by atoms with Crippen molar-refractivity contribution in [3.05, 3.63) is 18.5 Å². The third-order valence-electron chi connectivity index (χ3n) is 4.07. The van der Waals surface area contributed by atoms with Crippen molar-refractivity contribution in [2.24, 2.45) is 5.73 Å². The first-order chi connectivity index (χ1) is 9.81. The van der Waals surface area contributed by atoms with Crippen LogP contribution in [0.4, 0.5) is 5.69 Å². The van der Waals surface area contributed by atoms with E-state index in [1.165, 1.54) is 0 Å². The maximum Gasteiger partial charge on any atom is 0.140 e. The Morgan fingerprint density at radius 3 is 2.65 bits per heavy atom. The van der Waals surface area contributed by atoms with Crippen LogP contribution in [-0.2, 0) is 4.74 Å². The smallest absolute Gasteiger partial charge is 0.140 e. The van der Waals surface area contributed by atoms with E-state index in [9.17, 15) is 0 Å². The largest absolute Gasteiger partial charge is 0.489 e. The second kappa shape index (κ2) is 6.41. The molecule has 0 bridgehead atoms. The first-order valence-corrected chi connectivity index (χ1v) is 7.51. The fourth-order valence-corrected chi connectivity index (χ4v) is 2.79. The van der Waals surface area contributed by atoms with E-state index < -0.39 is 0 Å². The van der Waals surface area contributed by atoms with E-state index in [1.807, 2.05) is 6.20 Å². The van der Waals surface area contributed by atoms with Crippen molar-refractivity contribution < 1.29 is 9.47 Å². The van der Waals surface area contributed by atoms with Crippen molar-refractivity contribution in [3.63, 3.8) is 0 Å². The Morgan fingerprint density at radius 2 is 1.90 bits per heavy atom. The SMILES string of the molecule is NC1CCN(c2cncc(OC3CCOCC3)c2)CC1. The van der Waals surface area contributed by atoms with Crippen LogP contribution in [0.25, 0.3) is 0 Å². The lowest BCUT2D eigenvalue weighted by Crippen LogP contribution is -2.39. The topological polar surface area (TPSA) is 60.6 Å². The average Bonchev–Trinajstić information content (AvgIpc) is 2.49. The maximum atomic E-state index is 6.01. The molecule has 0 saturated carbocycles. The number of nitrogens with zero attached hydrogens (tertiary/aromatic N) is 2. The molecule has 0 amide bonds. The molecule has 20 heavy (non-hydrogen) atoms. The summed E-state index contributed by atoms with van der Waals surface area (Å²) in [7, 11) is 0. The van der Waals surface area contributed by atoms with Crippen molar-refractivity contribution in [1.29, 1.82) is 0 Å². The van der Waals surface area contributed by atoms with Crippen LogP contribution < -0.4 is 15.4 Å². The number of hydrogen-bond donors (Lipinski definition) is 1. The monoisotopic (exact) mass is 277 g/mol. The van der Waals surface area contributed by atoms with Crippen molar-refractivity contribution in [2.75, 3.05) is 31.2 Å². The van der Waals surface area contributed by atoms with Crippen molar-refractivity contribution in [2.45, 2.75) is 37.8 Å². The number of ether oxygens (including phenoxy) is 2. The Morgan fingerprint density at radius 1 is 1.15 bits per heavy atom. The van der Waals surface area contributed by atoms with E-state index in [2.05, 4.69) is 16.0 Å². The summed E-state index contributed by atoms with van der Waals surface area (Å²) < 4.78 is 11.4. The molecule has 2 fully saturated rings. The summed E-state index contributed by atoms with van der Waals surface area (Å²) in [5.41, 5.74) is 7.09. The number of nitrogens with two attached hydrogens (primary N) is 1. The lowest BCUT2D eigenvalue weighted by Gasteiger charge is -2.32. The van der Waals surface area contributed by atoms with E-state index in [0.717, 1.165) is 63.4 Å². The first-order valence-electron chi connectivity index (χ1n) is 7.51. The molecule has 0 unspecified atom stereocenters. The van der Waals surface area contributed by atoms with Gasteiger partial charge < -0.3 is 20.1 Å². The van der Waals surface area contributed by atoms with Gasteiger partial charge in [-0.2, -0.15) is 0 Å². The second-order valence-electron chi connectivity index (χ2n) is 5.63. The number of anilines is 1. The highest BCUT2D eigenvalue weighted by atomic mass is 16.5. The van der Waals surface area contributed by atoms with Crippen LogP contribution in [0.1, 0.15) is 25.7 Å². The molecule has 5 heteroatoms. The Kier molecular flexibility index (Phi) is 4.38.